The average Bonchev–Trinajstić information content (AvgIpc) is 2.37. The lowest BCUT2D eigenvalue weighted by Crippen LogP contribution is -2.48. The molecule has 0 aliphatic carbocycles. The predicted octanol–water partition coefficient (Wildman–Crippen LogP) is 0.666. The summed E-state index contributed by atoms with van der Waals surface area (Å²) in [6.07, 6.45) is 3.30. The molecule has 1 aliphatic rings. The average molecular weight is 316 g/mol. The van der Waals surface area contributed by atoms with E-state index in [9.17, 15) is 4.79 Å². The molecule has 1 amide bonds. The number of nitrogens with one attached hydrogen (secondary N) is 2. The number of hydrogen-bond acceptors (Lipinski definition) is 4. The summed E-state index contributed by atoms with van der Waals surface area (Å²) in [5, 5.41) is 6.22. The van der Waals surface area contributed by atoms with Crippen molar-refractivity contribution in [2.75, 3.05) is 46.9 Å². The molecule has 1 aliphatic heterocycles. The van der Waals surface area contributed by atoms with Crippen molar-refractivity contribution in [3.8, 4) is 0 Å². The number of amides is 1. The maximum atomic E-state index is 11.8. The van der Waals surface area contributed by atoms with Crippen LogP contribution in [-0.2, 0) is 9.53 Å². The van der Waals surface area contributed by atoms with Gasteiger partial charge in [-0.15, -0.1) is 24.8 Å². The van der Waals surface area contributed by atoms with Crippen molar-refractivity contribution in [2.24, 2.45) is 0 Å². The Morgan fingerprint density at radius 2 is 2.11 bits per heavy atom. The molecule has 1 saturated heterocycles. The van der Waals surface area contributed by atoms with Crippen LogP contribution in [0.4, 0.5) is 0 Å². The number of carbonyl (C=O) groups excluding carboxylic acids is 1. The summed E-state index contributed by atoms with van der Waals surface area (Å²) in [6, 6.07) is 0.0213. The van der Waals surface area contributed by atoms with Crippen molar-refractivity contribution >= 4 is 30.7 Å². The number of piperidine rings is 1. The minimum atomic E-state index is 0. The van der Waals surface area contributed by atoms with Crippen molar-refractivity contribution in [2.45, 2.75) is 25.3 Å². The van der Waals surface area contributed by atoms with Crippen LogP contribution in [0.3, 0.4) is 0 Å². The molecule has 0 saturated carbocycles. The number of likely N-dealkylation sites (N-methyl/N-ethyl adjacent to an activating group) is 1. The van der Waals surface area contributed by atoms with Gasteiger partial charge < -0.3 is 20.3 Å². The Morgan fingerprint density at radius 3 is 2.68 bits per heavy atom. The Labute approximate surface area is 128 Å². The maximum Gasteiger partial charge on any atom is 0.237 e. The van der Waals surface area contributed by atoms with E-state index in [-0.39, 0.29) is 36.8 Å². The number of ether oxygens (including phenoxy) is 1. The van der Waals surface area contributed by atoms with Gasteiger partial charge in [0.05, 0.1) is 12.6 Å². The normalized spacial score (nSPS) is 18.4. The first kappa shape index (κ1) is 21.2. The van der Waals surface area contributed by atoms with E-state index in [1.54, 1.807) is 7.11 Å². The van der Waals surface area contributed by atoms with Gasteiger partial charge in [-0.25, -0.2) is 0 Å². The molecule has 1 heterocycles. The van der Waals surface area contributed by atoms with Gasteiger partial charge in [0, 0.05) is 26.7 Å². The molecule has 1 rings (SSSR count). The third-order valence-electron chi connectivity index (χ3n) is 3.10. The van der Waals surface area contributed by atoms with Crippen molar-refractivity contribution < 1.29 is 9.53 Å². The van der Waals surface area contributed by atoms with E-state index in [2.05, 4.69) is 15.5 Å². The highest BCUT2D eigenvalue weighted by Gasteiger charge is 2.19. The molecule has 0 radical (unpaired) electrons. The number of hydrogen-bond donors (Lipinski definition) is 2. The van der Waals surface area contributed by atoms with Gasteiger partial charge in [-0.05, 0) is 26.4 Å². The molecule has 0 bridgehead atoms. The summed E-state index contributed by atoms with van der Waals surface area (Å²) in [6.45, 7) is 4.16. The fourth-order valence-corrected chi connectivity index (χ4v) is 1.93. The van der Waals surface area contributed by atoms with Crippen molar-refractivity contribution in [1.82, 2.24) is 15.5 Å². The molecule has 0 aromatic carbocycles. The van der Waals surface area contributed by atoms with Crippen LogP contribution in [-0.4, -0.2) is 63.8 Å². The van der Waals surface area contributed by atoms with Gasteiger partial charge in [-0.3, -0.25) is 4.79 Å². The Kier molecular flexibility index (Phi) is 14.5. The van der Waals surface area contributed by atoms with Crippen molar-refractivity contribution in [3.63, 3.8) is 0 Å². The number of nitrogens with zero attached hydrogens (tertiary/aromatic N) is 1. The van der Waals surface area contributed by atoms with Gasteiger partial charge in [-0.2, -0.15) is 0 Å². The molecule has 2 N–H and O–H groups in total. The Morgan fingerprint density at radius 1 is 1.37 bits per heavy atom. The van der Waals surface area contributed by atoms with E-state index in [0.717, 1.165) is 39.1 Å². The van der Waals surface area contributed by atoms with E-state index < -0.39 is 0 Å². The molecule has 1 fully saturated rings. The molecule has 0 aromatic heterocycles. The zero-order valence-electron chi connectivity index (χ0n) is 11.8. The Hall–Kier alpha value is -0.0700. The SMILES string of the molecule is COCCN(C)CCNC(=O)C1CCCCN1.Cl.Cl. The molecule has 116 valence electrons. The summed E-state index contributed by atoms with van der Waals surface area (Å²) in [5.41, 5.74) is 0. The van der Waals surface area contributed by atoms with Gasteiger partial charge in [0.15, 0.2) is 0 Å². The van der Waals surface area contributed by atoms with Crippen molar-refractivity contribution in [3.05, 3.63) is 0 Å². The molecule has 5 nitrogen and oxygen atoms in total. The Bertz CT molecular complexity index is 227. The molecule has 7 heteroatoms. The third-order valence-corrected chi connectivity index (χ3v) is 3.10. The van der Waals surface area contributed by atoms with Crippen LogP contribution in [0.2, 0.25) is 0 Å². The van der Waals surface area contributed by atoms with Gasteiger partial charge in [0.25, 0.3) is 0 Å². The molecule has 1 unspecified atom stereocenters. The zero-order chi connectivity index (χ0) is 12.5. The number of methoxy groups -OCH3 is 1. The maximum absolute atomic E-state index is 11.8. The lowest BCUT2D eigenvalue weighted by Gasteiger charge is -2.23. The fourth-order valence-electron chi connectivity index (χ4n) is 1.93. The highest BCUT2D eigenvalue weighted by molar-refractivity contribution is 5.85. The lowest BCUT2D eigenvalue weighted by atomic mass is 10.0. The zero-order valence-corrected chi connectivity index (χ0v) is 13.4. The van der Waals surface area contributed by atoms with E-state index >= 15 is 0 Å². The van der Waals surface area contributed by atoms with Crippen LogP contribution < -0.4 is 10.6 Å². The van der Waals surface area contributed by atoms with E-state index in [0.29, 0.717) is 6.54 Å². The summed E-state index contributed by atoms with van der Waals surface area (Å²) in [4.78, 5) is 13.9. The van der Waals surface area contributed by atoms with E-state index in [1.165, 1.54) is 6.42 Å². The van der Waals surface area contributed by atoms with Gasteiger partial charge in [0.2, 0.25) is 5.91 Å². The minimum absolute atomic E-state index is 0. The number of halogens is 2. The topological polar surface area (TPSA) is 53.6 Å². The van der Waals surface area contributed by atoms with Crippen LogP contribution in [0.1, 0.15) is 19.3 Å². The number of rotatable bonds is 7. The quantitative estimate of drug-likeness (QED) is 0.725. The van der Waals surface area contributed by atoms with Crippen LogP contribution in [0.5, 0.6) is 0 Å². The second kappa shape index (κ2) is 12.9. The van der Waals surface area contributed by atoms with Gasteiger partial charge >= 0.3 is 0 Å². The highest BCUT2D eigenvalue weighted by atomic mass is 35.5. The van der Waals surface area contributed by atoms with E-state index in [4.69, 9.17) is 4.74 Å². The molecule has 0 aromatic rings. The molecular weight excluding hydrogens is 289 g/mol. The molecule has 19 heavy (non-hydrogen) atoms. The summed E-state index contributed by atoms with van der Waals surface area (Å²) in [7, 11) is 3.73. The molecule has 1 atom stereocenters. The first-order valence-electron chi connectivity index (χ1n) is 6.42. The molecular formula is C12H27Cl2N3O2. The summed E-state index contributed by atoms with van der Waals surface area (Å²) < 4.78 is 5.00. The van der Waals surface area contributed by atoms with Crippen LogP contribution >= 0.6 is 24.8 Å². The van der Waals surface area contributed by atoms with Crippen molar-refractivity contribution in [1.29, 1.82) is 0 Å². The molecule has 0 spiro atoms. The third kappa shape index (κ3) is 9.46. The first-order chi connectivity index (χ1) is 8.24. The van der Waals surface area contributed by atoms with Crippen LogP contribution in [0.15, 0.2) is 0 Å². The van der Waals surface area contributed by atoms with Crippen LogP contribution in [0.25, 0.3) is 0 Å². The summed E-state index contributed by atoms with van der Waals surface area (Å²) >= 11 is 0. The standard InChI is InChI=1S/C12H25N3O2.2ClH/c1-15(9-10-17-2)8-7-14-12(16)11-5-3-4-6-13-11;;/h11,13H,3-10H2,1-2H3,(H,14,16);2*1H. The van der Waals surface area contributed by atoms with Gasteiger partial charge in [-0.1, -0.05) is 6.42 Å². The predicted molar refractivity (Wildman–Crippen MR) is 82.5 cm³/mol. The second-order valence-electron chi connectivity index (χ2n) is 4.59. The van der Waals surface area contributed by atoms with Crippen LogP contribution in [0, 0.1) is 0 Å². The van der Waals surface area contributed by atoms with Gasteiger partial charge in [0.1, 0.15) is 0 Å². The van der Waals surface area contributed by atoms with E-state index in [1.807, 2.05) is 7.05 Å². The Balaban J connectivity index is 0. The fraction of sp³-hybridized carbons (Fsp3) is 0.917. The highest BCUT2D eigenvalue weighted by Crippen LogP contribution is 2.06. The summed E-state index contributed by atoms with van der Waals surface area (Å²) in [5.74, 6) is 0.143. The number of carbonyl (C=O) groups is 1. The monoisotopic (exact) mass is 315 g/mol. The first-order valence-corrected chi connectivity index (χ1v) is 6.42. The lowest BCUT2D eigenvalue weighted by molar-refractivity contribution is -0.123. The minimum Gasteiger partial charge on any atom is -0.383 e. The largest absolute Gasteiger partial charge is 0.383 e. The smallest absolute Gasteiger partial charge is 0.237 e. The second-order valence-corrected chi connectivity index (χ2v) is 4.59.